The molecule has 0 heterocycles. The van der Waals surface area contributed by atoms with Crippen molar-refractivity contribution >= 4 is 5.97 Å². The van der Waals surface area contributed by atoms with Gasteiger partial charge in [-0.25, -0.2) is 4.79 Å². The van der Waals surface area contributed by atoms with Crippen LogP contribution >= 0.6 is 0 Å². The first kappa shape index (κ1) is 28.2. The Morgan fingerprint density at radius 1 is 0.552 bits per heavy atom. The lowest BCUT2D eigenvalue weighted by atomic mass is 10.0. The lowest BCUT2D eigenvalue weighted by Gasteiger charge is -2.07. The summed E-state index contributed by atoms with van der Waals surface area (Å²) in [7, 11) is 0. The maximum atomic E-state index is 11.9. The van der Waals surface area contributed by atoms with Crippen LogP contribution in [0.15, 0.2) is 12.2 Å². The van der Waals surface area contributed by atoms with E-state index < -0.39 is 0 Å². The van der Waals surface area contributed by atoms with Crippen molar-refractivity contribution in [3.63, 3.8) is 0 Å². The molecule has 0 aromatic rings. The molecule has 0 saturated heterocycles. The van der Waals surface area contributed by atoms with Gasteiger partial charge in [0, 0.05) is 5.57 Å². The van der Waals surface area contributed by atoms with E-state index in [1.807, 2.05) is 0 Å². The molecule has 0 spiro atoms. The molecule has 0 unspecified atom stereocenters. The van der Waals surface area contributed by atoms with Gasteiger partial charge < -0.3 is 4.74 Å². The molecule has 0 fully saturated rings. The molecule has 0 aliphatic carbocycles. The van der Waals surface area contributed by atoms with Gasteiger partial charge in [-0.3, -0.25) is 0 Å². The fourth-order valence-corrected chi connectivity index (χ4v) is 3.78. The highest BCUT2D eigenvalue weighted by Gasteiger charge is 2.07. The largest absolute Gasteiger partial charge is 0.462 e. The second-order valence-electron chi connectivity index (χ2n) is 8.85. The zero-order chi connectivity index (χ0) is 21.4. The Bertz CT molecular complexity index is 362. The van der Waals surface area contributed by atoms with Crippen LogP contribution in [0.1, 0.15) is 149 Å². The van der Waals surface area contributed by atoms with Crippen molar-refractivity contribution in [1.29, 1.82) is 0 Å². The third-order valence-corrected chi connectivity index (χ3v) is 5.85. The predicted molar refractivity (Wildman–Crippen MR) is 128 cm³/mol. The lowest BCUT2D eigenvalue weighted by Crippen LogP contribution is -2.08. The Hall–Kier alpha value is -0.790. The average Bonchev–Trinajstić information content (AvgIpc) is 2.73. The minimum atomic E-state index is -0.171. The van der Waals surface area contributed by atoms with Gasteiger partial charge in [-0.2, -0.15) is 0 Å². The highest BCUT2D eigenvalue weighted by Crippen LogP contribution is 2.14. The Labute approximate surface area is 183 Å². The summed E-state index contributed by atoms with van der Waals surface area (Å²) in [6.45, 7) is 8.99. The Morgan fingerprint density at radius 2 is 0.897 bits per heavy atom. The molecule has 0 amide bonds. The fourth-order valence-electron chi connectivity index (χ4n) is 3.78. The van der Waals surface area contributed by atoms with Crippen molar-refractivity contribution in [1.82, 2.24) is 0 Å². The zero-order valence-corrected chi connectivity index (χ0v) is 20.1. The summed E-state index contributed by atoms with van der Waals surface area (Å²) in [6, 6.07) is 0. The number of ether oxygens (including phenoxy) is 1. The monoisotopic (exact) mass is 408 g/mol. The van der Waals surface area contributed by atoms with Gasteiger partial charge in [-0.15, -0.1) is 0 Å². The molecule has 2 heteroatoms. The molecule has 0 bridgehead atoms. The van der Waals surface area contributed by atoms with E-state index in [1.165, 1.54) is 116 Å². The minimum Gasteiger partial charge on any atom is -0.462 e. The SMILES string of the molecule is C=C(CCCCCCCCC)C(=O)OCCCCCCCCCCCCCCC. The fraction of sp³-hybridized carbons (Fsp3) is 0.889. The summed E-state index contributed by atoms with van der Waals surface area (Å²) in [4.78, 5) is 11.9. The third-order valence-electron chi connectivity index (χ3n) is 5.85. The molecular weight excluding hydrogens is 356 g/mol. The van der Waals surface area contributed by atoms with E-state index in [0.29, 0.717) is 12.2 Å². The van der Waals surface area contributed by atoms with Crippen molar-refractivity contribution in [3.05, 3.63) is 12.2 Å². The number of carbonyl (C=O) groups excluding carboxylic acids is 1. The van der Waals surface area contributed by atoms with Crippen LogP contribution in [-0.2, 0) is 9.53 Å². The third kappa shape index (κ3) is 21.7. The summed E-state index contributed by atoms with van der Waals surface area (Å²) in [5.41, 5.74) is 0.660. The first-order chi connectivity index (χ1) is 14.2. The number of unbranched alkanes of at least 4 members (excludes halogenated alkanes) is 18. The number of carbonyl (C=O) groups is 1. The lowest BCUT2D eigenvalue weighted by molar-refractivity contribution is -0.139. The molecular formula is C27H52O2. The second kappa shape index (κ2) is 23.5. The van der Waals surface area contributed by atoms with Gasteiger partial charge >= 0.3 is 5.97 Å². The number of esters is 1. The van der Waals surface area contributed by atoms with Gasteiger partial charge in [-0.1, -0.05) is 136 Å². The number of hydrogen-bond donors (Lipinski definition) is 0. The van der Waals surface area contributed by atoms with E-state index in [-0.39, 0.29) is 5.97 Å². The summed E-state index contributed by atoms with van der Waals surface area (Å²) in [5.74, 6) is -0.171. The van der Waals surface area contributed by atoms with E-state index in [9.17, 15) is 4.79 Å². The van der Waals surface area contributed by atoms with Gasteiger partial charge in [0.05, 0.1) is 6.61 Å². The molecule has 172 valence electrons. The molecule has 0 atom stereocenters. The van der Waals surface area contributed by atoms with Gasteiger partial charge in [-0.05, 0) is 19.3 Å². The van der Waals surface area contributed by atoms with Crippen LogP contribution in [0.2, 0.25) is 0 Å². The van der Waals surface area contributed by atoms with Crippen molar-refractivity contribution in [3.8, 4) is 0 Å². The molecule has 0 aromatic carbocycles. The van der Waals surface area contributed by atoms with Gasteiger partial charge in [0.15, 0.2) is 0 Å². The van der Waals surface area contributed by atoms with Crippen LogP contribution in [0.5, 0.6) is 0 Å². The first-order valence-electron chi connectivity index (χ1n) is 13.1. The van der Waals surface area contributed by atoms with Gasteiger partial charge in [0.25, 0.3) is 0 Å². The average molecular weight is 409 g/mol. The molecule has 0 N–H and O–H groups in total. The highest BCUT2D eigenvalue weighted by atomic mass is 16.5. The van der Waals surface area contributed by atoms with Crippen LogP contribution in [0.3, 0.4) is 0 Å². The van der Waals surface area contributed by atoms with E-state index in [0.717, 1.165) is 19.3 Å². The van der Waals surface area contributed by atoms with Crippen LogP contribution in [-0.4, -0.2) is 12.6 Å². The van der Waals surface area contributed by atoms with E-state index >= 15 is 0 Å². The normalized spacial score (nSPS) is 11.0. The second-order valence-corrected chi connectivity index (χ2v) is 8.85. The molecule has 29 heavy (non-hydrogen) atoms. The van der Waals surface area contributed by atoms with Crippen molar-refractivity contribution in [2.45, 2.75) is 149 Å². The molecule has 0 aliphatic heterocycles. The molecule has 0 aromatic heterocycles. The maximum absolute atomic E-state index is 11.9. The molecule has 0 radical (unpaired) electrons. The van der Waals surface area contributed by atoms with Gasteiger partial charge in [0.2, 0.25) is 0 Å². The van der Waals surface area contributed by atoms with Crippen LogP contribution in [0.4, 0.5) is 0 Å². The van der Waals surface area contributed by atoms with Crippen LogP contribution in [0, 0.1) is 0 Å². The number of rotatable bonds is 23. The topological polar surface area (TPSA) is 26.3 Å². The Balaban J connectivity index is 3.29. The van der Waals surface area contributed by atoms with E-state index in [2.05, 4.69) is 20.4 Å². The standard InChI is InChI=1S/C27H52O2/c1-4-6-8-10-12-13-14-15-16-17-19-21-23-25-29-27(28)26(3)24-22-20-18-11-9-7-5-2/h3-25H2,1-2H3. The molecule has 0 aliphatic rings. The summed E-state index contributed by atoms with van der Waals surface area (Å²) >= 11 is 0. The maximum Gasteiger partial charge on any atom is 0.333 e. The quantitative estimate of drug-likeness (QED) is 0.0956. The predicted octanol–water partition coefficient (Wildman–Crippen LogP) is 9.32. The summed E-state index contributed by atoms with van der Waals surface area (Å²) in [6.07, 6.45) is 27.0. The van der Waals surface area contributed by atoms with Crippen molar-refractivity contribution < 1.29 is 9.53 Å². The Morgan fingerprint density at radius 3 is 1.31 bits per heavy atom. The molecule has 0 rings (SSSR count). The Kier molecular flexibility index (Phi) is 22.8. The number of hydrogen-bond acceptors (Lipinski definition) is 2. The first-order valence-corrected chi connectivity index (χ1v) is 13.1. The smallest absolute Gasteiger partial charge is 0.333 e. The summed E-state index contributed by atoms with van der Waals surface area (Å²) in [5, 5.41) is 0. The summed E-state index contributed by atoms with van der Waals surface area (Å²) < 4.78 is 5.38. The van der Waals surface area contributed by atoms with Gasteiger partial charge in [0.1, 0.15) is 0 Å². The van der Waals surface area contributed by atoms with Crippen LogP contribution < -0.4 is 0 Å². The zero-order valence-electron chi connectivity index (χ0n) is 20.1. The molecule has 0 saturated carbocycles. The van der Waals surface area contributed by atoms with E-state index in [1.54, 1.807) is 0 Å². The van der Waals surface area contributed by atoms with Crippen molar-refractivity contribution in [2.75, 3.05) is 6.61 Å². The van der Waals surface area contributed by atoms with Crippen molar-refractivity contribution in [2.24, 2.45) is 0 Å². The highest BCUT2D eigenvalue weighted by molar-refractivity contribution is 5.87. The van der Waals surface area contributed by atoms with E-state index in [4.69, 9.17) is 4.74 Å². The minimum absolute atomic E-state index is 0.171. The van der Waals surface area contributed by atoms with Crippen LogP contribution in [0.25, 0.3) is 0 Å². The molecule has 2 nitrogen and oxygen atoms in total.